The van der Waals surface area contributed by atoms with E-state index in [1.54, 1.807) is 0 Å². The van der Waals surface area contributed by atoms with Gasteiger partial charge in [0.25, 0.3) is 0 Å². The van der Waals surface area contributed by atoms with Crippen molar-refractivity contribution in [2.45, 2.75) is 37.1 Å². The maximum Gasteiger partial charge on any atom is 0.328 e. The molecule has 1 rings (SSSR count). The summed E-state index contributed by atoms with van der Waals surface area (Å²) in [4.78, 5) is 21.4. The molecule has 0 aromatic heterocycles. The Morgan fingerprint density at radius 1 is 1.12 bits per heavy atom. The molecular weight excluding hydrogens is 342 g/mol. The summed E-state index contributed by atoms with van der Waals surface area (Å²) >= 11 is 0. The van der Waals surface area contributed by atoms with Crippen LogP contribution in [0.5, 0.6) is 0 Å². The second kappa shape index (κ2) is 9.11. The summed E-state index contributed by atoms with van der Waals surface area (Å²) < 4.78 is 10.1. The van der Waals surface area contributed by atoms with Crippen molar-refractivity contribution in [1.29, 1.82) is 5.26 Å². The first kappa shape index (κ1) is 20.6. The standard InChI is InChI=1S/C14H17NO10/c15-4-7(6(3-10(19)20)1-2-9(17)18)24-14-13(23)12(22)11(21)8(5-16)25-14/h1-2,8,11-14,16,21-23H,3,5H2,(H,17,18)(H,19,20)/b2-1-,7-6+/t8-,11+,12+,13+,14-/m1/s1. The minimum Gasteiger partial charge on any atom is -0.481 e. The Morgan fingerprint density at radius 2 is 1.76 bits per heavy atom. The number of nitriles is 1. The summed E-state index contributed by atoms with van der Waals surface area (Å²) in [6, 6.07) is 1.51. The Kier molecular flexibility index (Phi) is 7.49. The van der Waals surface area contributed by atoms with Gasteiger partial charge in [0.2, 0.25) is 12.0 Å². The average Bonchev–Trinajstić information content (AvgIpc) is 2.55. The third-order valence-corrected chi connectivity index (χ3v) is 3.24. The van der Waals surface area contributed by atoms with Crippen molar-refractivity contribution >= 4 is 11.9 Å². The third-order valence-electron chi connectivity index (χ3n) is 3.24. The minimum atomic E-state index is -1.81. The van der Waals surface area contributed by atoms with Crippen LogP contribution >= 0.6 is 0 Å². The molecule has 0 aromatic carbocycles. The molecule has 138 valence electrons. The lowest BCUT2D eigenvalue weighted by Gasteiger charge is -2.39. The van der Waals surface area contributed by atoms with Crippen LogP contribution in [-0.4, -0.2) is 79.9 Å². The molecular formula is C14H17NO10. The van der Waals surface area contributed by atoms with Crippen molar-refractivity contribution < 1.29 is 49.7 Å². The lowest BCUT2D eigenvalue weighted by Crippen LogP contribution is -2.59. The van der Waals surface area contributed by atoms with E-state index in [4.69, 9.17) is 30.1 Å². The summed E-state index contributed by atoms with van der Waals surface area (Å²) in [5.41, 5.74) is -0.325. The number of rotatable bonds is 7. The van der Waals surface area contributed by atoms with Crippen LogP contribution in [0.3, 0.4) is 0 Å². The zero-order valence-electron chi connectivity index (χ0n) is 12.7. The normalized spacial score (nSPS) is 30.4. The molecule has 0 amide bonds. The molecule has 11 nitrogen and oxygen atoms in total. The van der Waals surface area contributed by atoms with Gasteiger partial charge >= 0.3 is 11.9 Å². The van der Waals surface area contributed by atoms with Gasteiger partial charge < -0.3 is 40.1 Å². The fourth-order valence-corrected chi connectivity index (χ4v) is 2.00. The SMILES string of the molecule is N#C/C(O[C@@H]1O[C@H](CO)[C@H](O)[C@H](O)[C@@H]1O)=C(/C=C\C(=O)O)CC(=O)O. The van der Waals surface area contributed by atoms with Crippen LogP contribution in [0.2, 0.25) is 0 Å². The molecule has 0 radical (unpaired) electrons. The van der Waals surface area contributed by atoms with Crippen molar-refractivity contribution in [3.63, 3.8) is 0 Å². The van der Waals surface area contributed by atoms with E-state index in [1.165, 1.54) is 6.07 Å². The quantitative estimate of drug-likeness (QED) is 0.124. The van der Waals surface area contributed by atoms with E-state index >= 15 is 0 Å². The monoisotopic (exact) mass is 359 g/mol. The summed E-state index contributed by atoms with van der Waals surface area (Å²) in [6.07, 6.45) is -7.54. The number of hydrogen-bond acceptors (Lipinski definition) is 9. The molecule has 5 atom stereocenters. The van der Waals surface area contributed by atoms with Gasteiger partial charge in [-0.05, 0) is 6.08 Å². The van der Waals surface area contributed by atoms with E-state index < -0.39 is 61.4 Å². The zero-order valence-corrected chi connectivity index (χ0v) is 12.7. The topological polar surface area (TPSA) is 198 Å². The number of nitrogens with zero attached hydrogens (tertiary/aromatic N) is 1. The first-order chi connectivity index (χ1) is 11.7. The molecule has 1 heterocycles. The molecule has 0 saturated carbocycles. The number of ether oxygens (including phenoxy) is 2. The maximum absolute atomic E-state index is 10.9. The van der Waals surface area contributed by atoms with Crippen LogP contribution < -0.4 is 0 Å². The number of hydrogen-bond donors (Lipinski definition) is 6. The summed E-state index contributed by atoms with van der Waals surface area (Å²) in [5.74, 6) is -3.44. The number of allylic oxidation sites excluding steroid dienone is 2. The minimum absolute atomic E-state index is 0.325. The van der Waals surface area contributed by atoms with E-state index in [-0.39, 0.29) is 5.57 Å². The van der Waals surface area contributed by atoms with E-state index in [1.807, 2.05) is 0 Å². The van der Waals surface area contributed by atoms with Gasteiger partial charge in [0.05, 0.1) is 13.0 Å². The van der Waals surface area contributed by atoms with Gasteiger partial charge in [-0.25, -0.2) is 4.79 Å². The van der Waals surface area contributed by atoms with Gasteiger partial charge in [-0.1, -0.05) is 0 Å². The van der Waals surface area contributed by atoms with Crippen molar-refractivity contribution in [1.82, 2.24) is 0 Å². The molecule has 0 aromatic rings. The second-order valence-corrected chi connectivity index (χ2v) is 5.02. The number of aliphatic hydroxyl groups excluding tert-OH is 4. The molecule has 25 heavy (non-hydrogen) atoms. The number of aliphatic hydroxyl groups is 4. The third kappa shape index (κ3) is 5.52. The Bertz CT molecular complexity index is 605. The van der Waals surface area contributed by atoms with Crippen LogP contribution in [0.25, 0.3) is 0 Å². The van der Waals surface area contributed by atoms with Crippen LogP contribution in [0.1, 0.15) is 6.42 Å². The number of carboxylic acid groups (broad SMARTS) is 2. The molecule has 0 aliphatic carbocycles. The highest BCUT2D eigenvalue weighted by atomic mass is 16.7. The van der Waals surface area contributed by atoms with Gasteiger partial charge in [-0.2, -0.15) is 5.26 Å². The second-order valence-electron chi connectivity index (χ2n) is 5.02. The van der Waals surface area contributed by atoms with E-state index in [0.717, 1.165) is 6.08 Å². The van der Waals surface area contributed by atoms with Crippen LogP contribution in [0.15, 0.2) is 23.5 Å². The van der Waals surface area contributed by atoms with Crippen LogP contribution in [-0.2, 0) is 19.1 Å². The molecule has 1 fully saturated rings. The van der Waals surface area contributed by atoms with Gasteiger partial charge in [-0.3, -0.25) is 4.79 Å². The Morgan fingerprint density at radius 3 is 2.24 bits per heavy atom. The van der Waals surface area contributed by atoms with Crippen molar-refractivity contribution in [3.8, 4) is 6.07 Å². The van der Waals surface area contributed by atoms with Gasteiger partial charge in [0, 0.05) is 11.6 Å². The molecule has 1 aliphatic heterocycles. The largest absolute Gasteiger partial charge is 0.481 e. The first-order valence-corrected chi connectivity index (χ1v) is 6.94. The molecule has 1 aliphatic rings. The van der Waals surface area contributed by atoms with Gasteiger partial charge in [0.15, 0.2) is 0 Å². The Hall–Kier alpha value is -2.49. The van der Waals surface area contributed by atoms with E-state index in [2.05, 4.69) is 0 Å². The van der Waals surface area contributed by atoms with Crippen molar-refractivity contribution in [2.75, 3.05) is 6.61 Å². The molecule has 11 heteroatoms. The highest BCUT2D eigenvalue weighted by Gasteiger charge is 2.45. The van der Waals surface area contributed by atoms with E-state index in [9.17, 15) is 24.9 Å². The number of carbonyl (C=O) groups is 2. The lowest BCUT2D eigenvalue weighted by atomic mass is 9.99. The molecule has 0 unspecified atom stereocenters. The van der Waals surface area contributed by atoms with Gasteiger partial charge in [0.1, 0.15) is 30.5 Å². The highest BCUT2D eigenvalue weighted by molar-refractivity contribution is 5.81. The molecule has 0 spiro atoms. The Balaban J connectivity index is 3.12. The summed E-state index contributed by atoms with van der Waals surface area (Å²) in [6.45, 7) is -0.725. The lowest BCUT2D eigenvalue weighted by molar-refractivity contribution is -0.290. The predicted molar refractivity (Wildman–Crippen MR) is 76.5 cm³/mol. The number of carboxylic acids is 2. The maximum atomic E-state index is 10.9. The van der Waals surface area contributed by atoms with Crippen molar-refractivity contribution in [2.24, 2.45) is 0 Å². The average molecular weight is 359 g/mol. The Labute approximate surface area is 141 Å². The van der Waals surface area contributed by atoms with Gasteiger partial charge in [-0.15, -0.1) is 0 Å². The summed E-state index contributed by atoms with van der Waals surface area (Å²) in [5, 5.41) is 64.8. The smallest absolute Gasteiger partial charge is 0.328 e. The molecule has 6 N–H and O–H groups in total. The van der Waals surface area contributed by atoms with Crippen LogP contribution in [0, 0.1) is 11.3 Å². The zero-order chi connectivity index (χ0) is 19.1. The van der Waals surface area contributed by atoms with E-state index in [0.29, 0.717) is 6.08 Å². The van der Waals surface area contributed by atoms with Crippen molar-refractivity contribution in [3.05, 3.63) is 23.5 Å². The predicted octanol–water partition coefficient (Wildman–Crippen LogP) is -2.30. The number of aliphatic carboxylic acids is 2. The molecule has 1 saturated heterocycles. The highest BCUT2D eigenvalue weighted by Crippen LogP contribution is 2.25. The molecule has 0 bridgehead atoms. The van der Waals surface area contributed by atoms with Crippen LogP contribution in [0.4, 0.5) is 0 Å². The fraction of sp³-hybridized carbons (Fsp3) is 0.500. The summed E-state index contributed by atoms with van der Waals surface area (Å²) in [7, 11) is 0. The first-order valence-electron chi connectivity index (χ1n) is 6.94. The fourth-order valence-electron chi connectivity index (χ4n) is 2.00.